The third-order valence-corrected chi connectivity index (χ3v) is 7.68. The molecule has 0 N–H and O–H groups in total. The molecule has 3 heteroatoms. The van der Waals surface area contributed by atoms with E-state index in [0.29, 0.717) is 0 Å². The molecular formula is C37H24N2O. The molecule has 0 saturated heterocycles. The predicted molar refractivity (Wildman–Crippen MR) is 167 cm³/mol. The molecule has 0 aliphatic rings. The number of para-hydroxylation sites is 1. The monoisotopic (exact) mass is 512 g/mol. The minimum absolute atomic E-state index is 0.806. The van der Waals surface area contributed by atoms with E-state index >= 15 is 0 Å². The third kappa shape index (κ3) is 3.71. The molecule has 2 heterocycles. The Labute approximate surface area is 231 Å². The lowest BCUT2D eigenvalue weighted by Gasteiger charge is -2.24. The molecule has 0 radical (unpaired) electrons. The maximum absolute atomic E-state index is 6.37. The van der Waals surface area contributed by atoms with Crippen molar-refractivity contribution in [1.82, 2.24) is 4.98 Å². The highest BCUT2D eigenvalue weighted by Gasteiger charge is 2.17. The largest absolute Gasteiger partial charge is 0.456 e. The lowest BCUT2D eigenvalue weighted by atomic mass is 9.98. The minimum atomic E-state index is 0.806. The second-order valence-electron chi connectivity index (χ2n) is 10.1. The fourth-order valence-corrected chi connectivity index (χ4v) is 5.73. The zero-order valence-corrected chi connectivity index (χ0v) is 21.7. The highest BCUT2D eigenvalue weighted by molar-refractivity contribution is 6.10. The van der Waals surface area contributed by atoms with Crippen LogP contribution in [0.1, 0.15) is 0 Å². The van der Waals surface area contributed by atoms with E-state index in [2.05, 4.69) is 132 Å². The number of anilines is 3. The van der Waals surface area contributed by atoms with Gasteiger partial charge in [-0.05, 0) is 69.1 Å². The number of rotatable bonds is 4. The lowest BCUT2D eigenvalue weighted by Crippen LogP contribution is -2.11. The molecule has 2 aromatic heterocycles. The molecule has 0 bridgehead atoms. The van der Waals surface area contributed by atoms with Crippen molar-refractivity contribution in [2.75, 3.05) is 4.90 Å². The van der Waals surface area contributed by atoms with Crippen molar-refractivity contribution in [3.8, 4) is 11.1 Å². The van der Waals surface area contributed by atoms with Crippen molar-refractivity contribution in [1.29, 1.82) is 0 Å². The molecule has 0 aliphatic heterocycles. The number of nitrogens with zero attached hydrogens (tertiary/aromatic N) is 2. The first-order valence-corrected chi connectivity index (χ1v) is 13.5. The summed E-state index contributed by atoms with van der Waals surface area (Å²) in [6.45, 7) is 0. The zero-order valence-electron chi connectivity index (χ0n) is 21.7. The van der Waals surface area contributed by atoms with Crippen LogP contribution >= 0.6 is 0 Å². The van der Waals surface area contributed by atoms with Crippen molar-refractivity contribution in [3.05, 3.63) is 146 Å². The van der Waals surface area contributed by atoms with Crippen molar-refractivity contribution >= 4 is 60.7 Å². The summed E-state index contributed by atoms with van der Waals surface area (Å²) in [6, 6.07) is 48.8. The maximum Gasteiger partial charge on any atom is 0.141 e. The van der Waals surface area contributed by atoms with Gasteiger partial charge in [0.1, 0.15) is 17.0 Å². The van der Waals surface area contributed by atoms with E-state index in [4.69, 9.17) is 9.40 Å². The van der Waals surface area contributed by atoms with Crippen molar-refractivity contribution < 1.29 is 4.42 Å². The minimum Gasteiger partial charge on any atom is -0.456 e. The fourth-order valence-electron chi connectivity index (χ4n) is 5.73. The molecule has 0 fully saturated rings. The summed E-state index contributed by atoms with van der Waals surface area (Å²) in [5, 5.41) is 6.95. The van der Waals surface area contributed by atoms with Crippen LogP contribution in [0.3, 0.4) is 0 Å². The Hall–Kier alpha value is -5.41. The van der Waals surface area contributed by atoms with Crippen LogP contribution in [0.5, 0.6) is 0 Å². The average Bonchev–Trinajstić information content (AvgIpc) is 3.37. The summed E-state index contributed by atoms with van der Waals surface area (Å²) in [7, 11) is 0. The molecule has 0 amide bonds. The standard InChI is InChI=1S/C37H24N2O/c1-2-13-29(14-3-1)39(30-19-17-26(18-20-30)32-16-8-12-25-9-6-7-15-31(25)32)37-23-36-34(24-38-37)33-21-27-10-4-5-11-28(27)22-35(33)40-36/h1-24H. The molecule has 8 rings (SSSR count). The molecule has 6 aromatic carbocycles. The van der Waals surface area contributed by atoms with Crippen LogP contribution in [0.25, 0.3) is 54.6 Å². The molecule has 8 aromatic rings. The van der Waals surface area contributed by atoms with Gasteiger partial charge in [-0.2, -0.15) is 0 Å². The Morgan fingerprint density at radius 1 is 0.475 bits per heavy atom. The van der Waals surface area contributed by atoms with Gasteiger partial charge in [-0.25, -0.2) is 4.98 Å². The SMILES string of the molecule is c1ccc(N(c2ccc(-c3cccc4ccccc34)cc2)c2cc3oc4cc5ccccc5cc4c3cn2)cc1. The Morgan fingerprint density at radius 3 is 1.95 bits per heavy atom. The van der Waals surface area contributed by atoms with Crippen LogP contribution in [0.4, 0.5) is 17.2 Å². The third-order valence-electron chi connectivity index (χ3n) is 7.68. The first-order valence-electron chi connectivity index (χ1n) is 13.5. The Balaban J connectivity index is 1.25. The summed E-state index contributed by atoms with van der Waals surface area (Å²) in [5.74, 6) is 0.806. The molecule has 0 spiro atoms. The van der Waals surface area contributed by atoms with E-state index in [0.717, 1.165) is 39.1 Å². The van der Waals surface area contributed by atoms with Crippen molar-refractivity contribution in [3.63, 3.8) is 0 Å². The second-order valence-corrected chi connectivity index (χ2v) is 10.1. The van der Waals surface area contributed by atoms with E-state index in [1.54, 1.807) is 0 Å². The molecule has 0 aliphatic carbocycles. The van der Waals surface area contributed by atoms with Gasteiger partial charge in [0.25, 0.3) is 0 Å². The summed E-state index contributed by atoms with van der Waals surface area (Å²) in [4.78, 5) is 7.13. The smallest absolute Gasteiger partial charge is 0.141 e. The van der Waals surface area contributed by atoms with Crippen LogP contribution in [0, 0.1) is 0 Å². The van der Waals surface area contributed by atoms with Crippen LogP contribution in [0.15, 0.2) is 150 Å². The number of benzene rings is 6. The second kappa shape index (κ2) is 9.11. The van der Waals surface area contributed by atoms with Gasteiger partial charge in [0.2, 0.25) is 0 Å². The van der Waals surface area contributed by atoms with Gasteiger partial charge < -0.3 is 4.42 Å². The van der Waals surface area contributed by atoms with Crippen LogP contribution in [-0.4, -0.2) is 4.98 Å². The average molecular weight is 513 g/mol. The molecule has 0 atom stereocenters. The molecule has 0 saturated carbocycles. The molecular weight excluding hydrogens is 488 g/mol. The van der Waals surface area contributed by atoms with E-state index in [-0.39, 0.29) is 0 Å². The fraction of sp³-hybridized carbons (Fsp3) is 0. The number of aromatic nitrogens is 1. The Kier molecular flexibility index (Phi) is 5.14. The van der Waals surface area contributed by atoms with Gasteiger partial charge in [-0.1, -0.05) is 97.1 Å². The molecule has 40 heavy (non-hydrogen) atoms. The summed E-state index contributed by atoms with van der Waals surface area (Å²) in [6.07, 6.45) is 1.94. The number of furan rings is 1. The summed E-state index contributed by atoms with van der Waals surface area (Å²) >= 11 is 0. The topological polar surface area (TPSA) is 29.3 Å². The lowest BCUT2D eigenvalue weighted by molar-refractivity contribution is 0.669. The first-order chi connectivity index (χ1) is 19.8. The molecule has 3 nitrogen and oxygen atoms in total. The van der Waals surface area contributed by atoms with Gasteiger partial charge in [-0.3, -0.25) is 4.90 Å². The van der Waals surface area contributed by atoms with E-state index < -0.39 is 0 Å². The van der Waals surface area contributed by atoms with Gasteiger partial charge in [0, 0.05) is 34.4 Å². The highest BCUT2D eigenvalue weighted by atomic mass is 16.3. The van der Waals surface area contributed by atoms with Crippen molar-refractivity contribution in [2.24, 2.45) is 0 Å². The van der Waals surface area contributed by atoms with Crippen LogP contribution in [0.2, 0.25) is 0 Å². The number of hydrogen-bond donors (Lipinski definition) is 0. The summed E-state index contributed by atoms with van der Waals surface area (Å²) < 4.78 is 6.37. The van der Waals surface area contributed by atoms with Gasteiger partial charge in [0.05, 0.1) is 0 Å². The van der Waals surface area contributed by atoms with E-state index in [1.165, 1.54) is 32.7 Å². The Bertz CT molecular complexity index is 2160. The Morgan fingerprint density at radius 2 is 1.12 bits per heavy atom. The summed E-state index contributed by atoms with van der Waals surface area (Å²) in [5.41, 5.74) is 6.17. The predicted octanol–water partition coefficient (Wildman–Crippen LogP) is 10.4. The van der Waals surface area contributed by atoms with Crippen LogP contribution in [-0.2, 0) is 0 Å². The van der Waals surface area contributed by atoms with Crippen LogP contribution < -0.4 is 4.90 Å². The van der Waals surface area contributed by atoms with E-state index in [1.807, 2.05) is 18.3 Å². The van der Waals surface area contributed by atoms with Gasteiger partial charge >= 0.3 is 0 Å². The number of fused-ring (bicyclic) bond motifs is 5. The van der Waals surface area contributed by atoms with Gasteiger partial charge in [0.15, 0.2) is 0 Å². The normalized spacial score (nSPS) is 11.5. The maximum atomic E-state index is 6.37. The molecule has 0 unspecified atom stereocenters. The van der Waals surface area contributed by atoms with Gasteiger partial charge in [-0.15, -0.1) is 0 Å². The number of hydrogen-bond acceptors (Lipinski definition) is 3. The van der Waals surface area contributed by atoms with Crippen molar-refractivity contribution in [2.45, 2.75) is 0 Å². The highest BCUT2D eigenvalue weighted by Crippen LogP contribution is 2.39. The number of pyridine rings is 1. The van der Waals surface area contributed by atoms with E-state index in [9.17, 15) is 0 Å². The molecule has 188 valence electrons. The quantitative estimate of drug-likeness (QED) is 0.235. The zero-order chi connectivity index (χ0) is 26.5. The first kappa shape index (κ1) is 22.6.